The zero-order valence-electron chi connectivity index (χ0n) is 12.6. The number of fused-ring (bicyclic) bond motifs is 1. The van der Waals surface area contributed by atoms with E-state index in [2.05, 4.69) is 11.5 Å². The van der Waals surface area contributed by atoms with Crippen molar-refractivity contribution < 1.29 is 4.74 Å². The highest BCUT2D eigenvalue weighted by Gasteiger charge is 2.10. The van der Waals surface area contributed by atoms with Gasteiger partial charge in [0.25, 0.3) is 0 Å². The zero-order valence-corrected chi connectivity index (χ0v) is 12.6. The van der Waals surface area contributed by atoms with Crippen molar-refractivity contribution in [3.05, 3.63) is 40.2 Å². The van der Waals surface area contributed by atoms with Crippen LogP contribution in [0.2, 0.25) is 0 Å². The number of para-hydroxylation sites is 1. The van der Waals surface area contributed by atoms with Gasteiger partial charge in [0.1, 0.15) is 5.75 Å². The molecule has 2 rings (SSSR count). The summed E-state index contributed by atoms with van der Waals surface area (Å²) in [4.78, 5) is 12.2. The fraction of sp³-hybridized carbons (Fsp3) is 0.471. The lowest BCUT2D eigenvalue weighted by Gasteiger charge is -2.14. The third kappa shape index (κ3) is 2.87. The van der Waals surface area contributed by atoms with Crippen LogP contribution in [0.1, 0.15) is 38.3 Å². The standard InChI is InChI=1S/C17H23NO2/c1-4-5-6-7-9-13-12-15(19)14-10-8-11-16(20-3)17(14)18(13)2/h8,10-12H,4-7,9H2,1-3H3. The first-order chi connectivity index (χ1) is 9.69. The minimum absolute atomic E-state index is 0.0856. The van der Waals surface area contributed by atoms with E-state index in [-0.39, 0.29) is 5.43 Å². The van der Waals surface area contributed by atoms with E-state index < -0.39 is 0 Å². The highest BCUT2D eigenvalue weighted by molar-refractivity contribution is 5.85. The number of hydrogen-bond acceptors (Lipinski definition) is 2. The summed E-state index contributed by atoms with van der Waals surface area (Å²) in [5.41, 5.74) is 2.07. The van der Waals surface area contributed by atoms with Gasteiger partial charge < -0.3 is 9.30 Å². The number of aromatic nitrogens is 1. The van der Waals surface area contributed by atoms with Crippen LogP contribution in [0.4, 0.5) is 0 Å². The molecule has 1 aromatic carbocycles. The predicted octanol–water partition coefficient (Wildman–Crippen LogP) is 3.67. The normalized spacial score (nSPS) is 10.9. The highest BCUT2D eigenvalue weighted by Crippen LogP contribution is 2.24. The number of benzene rings is 1. The second kappa shape index (κ2) is 6.60. The van der Waals surface area contributed by atoms with Crippen molar-refractivity contribution in [3.8, 4) is 5.75 Å². The molecule has 0 unspecified atom stereocenters. The van der Waals surface area contributed by atoms with Crippen LogP contribution in [0.15, 0.2) is 29.1 Å². The molecule has 1 aromatic heterocycles. The summed E-state index contributed by atoms with van der Waals surface area (Å²) in [7, 11) is 3.66. The summed E-state index contributed by atoms with van der Waals surface area (Å²) >= 11 is 0. The number of aryl methyl sites for hydroxylation is 2. The first-order valence-corrected chi connectivity index (χ1v) is 7.34. The summed E-state index contributed by atoms with van der Waals surface area (Å²) in [6.45, 7) is 2.20. The molecule has 3 nitrogen and oxygen atoms in total. The van der Waals surface area contributed by atoms with Crippen LogP contribution >= 0.6 is 0 Å². The first kappa shape index (κ1) is 14.6. The molecule has 108 valence electrons. The Morgan fingerprint density at radius 3 is 2.70 bits per heavy atom. The lowest BCUT2D eigenvalue weighted by molar-refractivity contribution is 0.417. The van der Waals surface area contributed by atoms with Gasteiger partial charge >= 0.3 is 0 Å². The molecule has 0 bridgehead atoms. The minimum Gasteiger partial charge on any atom is -0.495 e. The summed E-state index contributed by atoms with van der Waals surface area (Å²) in [5.74, 6) is 0.762. The van der Waals surface area contributed by atoms with Crippen molar-refractivity contribution in [2.24, 2.45) is 7.05 Å². The second-order valence-electron chi connectivity index (χ2n) is 5.23. The maximum absolute atomic E-state index is 12.2. The van der Waals surface area contributed by atoms with Crippen molar-refractivity contribution in [3.63, 3.8) is 0 Å². The molecule has 0 aliphatic heterocycles. The van der Waals surface area contributed by atoms with Gasteiger partial charge in [0.05, 0.1) is 12.6 Å². The number of ether oxygens (including phenoxy) is 1. The van der Waals surface area contributed by atoms with E-state index >= 15 is 0 Å². The average molecular weight is 273 g/mol. The maximum Gasteiger partial charge on any atom is 0.189 e. The van der Waals surface area contributed by atoms with Gasteiger partial charge in [-0.1, -0.05) is 32.3 Å². The van der Waals surface area contributed by atoms with Gasteiger partial charge in [0.2, 0.25) is 0 Å². The van der Waals surface area contributed by atoms with Crippen molar-refractivity contribution in [1.82, 2.24) is 4.57 Å². The fourth-order valence-electron chi connectivity index (χ4n) is 2.67. The summed E-state index contributed by atoms with van der Waals surface area (Å²) in [5, 5.41) is 0.726. The van der Waals surface area contributed by atoms with Crippen LogP contribution in [0.25, 0.3) is 10.9 Å². The summed E-state index contributed by atoms with van der Waals surface area (Å²) < 4.78 is 7.50. The molecule has 0 radical (unpaired) electrons. The number of pyridine rings is 1. The van der Waals surface area contributed by atoms with Crippen LogP contribution in [-0.2, 0) is 13.5 Å². The Morgan fingerprint density at radius 1 is 1.20 bits per heavy atom. The number of unbranched alkanes of at least 4 members (excludes halogenated alkanes) is 3. The van der Waals surface area contributed by atoms with Crippen LogP contribution < -0.4 is 10.2 Å². The molecule has 0 spiro atoms. The molecule has 20 heavy (non-hydrogen) atoms. The third-order valence-electron chi connectivity index (χ3n) is 3.83. The lowest BCUT2D eigenvalue weighted by atomic mass is 10.1. The Morgan fingerprint density at radius 2 is 2.00 bits per heavy atom. The molecular formula is C17H23NO2. The molecule has 2 aromatic rings. The van der Waals surface area contributed by atoms with Crippen molar-refractivity contribution in [1.29, 1.82) is 0 Å². The number of rotatable bonds is 6. The van der Waals surface area contributed by atoms with E-state index in [4.69, 9.17) is 4.74 Å². The van der Waals surface area contributed by atoms with Crippen molar-refractivity contribution >= 4 is 10.9 Å². The Balaban J connectivity index is 2.42. The van der Waals surface area contributed by atoms with E-state index in [0.29, 0.717) is 0 Å². The Kier molecular flexibility index (Phi) is 4.83. The molecule has 3 heteroatoms. The van der Waals surface area contributed by atoms with Gasteiger partial charge in [0.15, 0.2) is 5.43 Å². The van der Waals surface area contributed by atoms with Gasteiger partial charge in [-0.05, 0) is 25.0 Å². The van der Waals surface area contributed by atoms with Crippen LogP contribution in [0.5, 0.6) is 5.75 Å². The van der Waals surface area contributed by atoms with E-state index in [1.807, 2.05) is 25.2 Å². The van der Waals surface area contributed by atoms with Gasteiger partial charge in [-0.25, -0.2) is 0 Å². The molecule has 0 saturated heterocycles. The van der Waals surface area contributed by atoms with Crippen molar-refractivity contribution in [2.45, 2.75) is 39.0 Å². The smallest absolute Gasteiger partial charge is 0.189 e. The van der Waals surface area contributed by atoms with Gasteiger partial charge in [-0.2, -0.15) is 0 Å². The van der Waals surface area contributed by atoms with E-state index in [1.54, 1.807) is 13.2 Å². The third-order valence-corrected chi connectivity index (χ3v) is 3.83. The monoisotopic (exact) mass is 273 g/mol. The summed E-state index contributed by atoms with van der Waals surface area (Å²) in [6.07, 6.45) is 5.77. The lowest BCUT2D eigenvalue weighted by Crippen LogP contribution is -2.12. The molecule has 0 amide bonds. The second-order valence-corrected chi connectivity index (χ2v) is 5.23. The van der Waals surface area contributed by atoms with Crippen LogP contribution in [0.3, 0.4) is 0 Å². The molecule has 1 heterocycles. The maximum atomic E-state index is 12.2. The average Bonchev–Trinajstić information content (AvgIpc) is 2.47. The van der Waals surface area contributed by atoms with Crippen molar-refractivity contribution in [2.75, 3.05) is 7.11 Å². The van der Waals surface area contributed by atoms with E-state index in [1.165, 1.54) is 19.3 Å². The predicted molar refractivity (Wildman–Crippen MR) is 83.6 cm³/mol. The zero-order chi connectivity index (χ0) is 14.5. The molecule has 0 saturated carbocycles. The van der Waals surface area contributed by atoms with Crippen LogP contribution in [-0.4, -0.2) is 11.7 Å². The van der Waals surface area contributed by atoms with Gasteiger partial charge in [-0.15, -0.1) is 0 Å². The molecular weight excluding hydrogens is 250 g/mol. The molecule has 0 N–H and O–H groups in total. The largest absolute Gasteiger partial charge is 0.495 e. The van der Waals surface area contributed by atoms with E-state index in [0.717, 1.165) is 35.2 Å². The number of methoxy groups -OCH3 is 1. The van der Waals surface area contributed by atoms with Gasteiger partial charge in [-0.3, -0.25) is 4.79 Å². The Bertz CT molecular complexity index is 643. The quantitative estimate of drug-likeness (QED) is 0.752. The van der Waals surface area contributed by atoms with Crippen LogP contribution in [0, 0.1) is 0 Å². The highest BCUT2D eigenvalue weighted by atomic mass is 16.5. The Hall–Kier alpha value is -1.77. The molecule has 0 aliphatic rings. The van der Waals surface area contributed by atoms with E-state index in [9.17, 15) is 4.79 Å². The fourth-order valence-corrected chi connectivity index (χ4v) is 2.67. The molecule has 0 atom stereocenters. The first-order valence-electron chi connectivity index (χ1n) is 7.34. The number of hydrogen-bond donors (Lipinski definition) is 0. The minimum atomic E-state index is 0.0856. The topological polar surface area (TPSA) is 31.2 Å². The van der Waals surface area contributed by atoms with Gasteiger partial charge in [0, 0.05) is 24.2 Å². The molecule has 0 fully saturated rings. The Labute approximate surface area is 120 Å². The SMILES string of the molecule is CCCCCCc1cc(=O)c2cccc(OC)c2n1C. The number of nitrogens with zero attached hydrogens (tertiary/aromatic N) is 1. The molecule has 0 aliphatic carbocycles. The summed E-state index contributed by atoms with van der Waals surface area (Å²) in [6, 6.07) is 7.40.